The second-order valence-electron chi connectivity index (χ2n) is 7.43. The van der Waals surface area contributed by atoms with E-state index in [4.69, 9.17) is 0 Å². The molecule has 0 bridgehead atoms. The van der Waals surface area contributed by atoms with Crippen LogP contribution in [0.3, 0.4) is 0 Å². The van der Waals surface area contributed by atoms with Gasteiger partial charge >= 0.3 is 5.97 Å². The van der Waals surface area contributed by atoms with Crippen LogP contribution in [0.4, 0.5) is 8.78 Å². The molecule has 7 heteroatoms. The fourth-order valence-electron chi connectivity index (χ4n) is 3.29. The van der Waals surface area contributed by atoms with Crippen molar-refractivity contribution >= 4 is 17.5 Å². The third kappa shape index (κ3) is 5.90. The van der Waals surface area contributed by atoms with Crippen molar-refractivity contribution in [1.29, 1.82) is 0 Å². The van der Waals surface area contributed by atoms with Crippen LogP contribution >= 0.6 is 0 Å². The Labute approximate surface area is 199 Å². The molecule has 0 spiro atoms. The molecule has 0 aromatic heterocycles. The number of hydrogen-bond donors (Lipinski definition) is 2. The van der Waals surface area contributed by atoms with Gasteiger partial charge in [-0.05, 0) is 35.4 Å². The van der Waals surface area contributed by atoms with Crippen molar-refractivity contribution in [2.75, 3.05) is 0 Å². The molecule has 0 aliphatic carbocycles. The third-order valence-corrected chi connectivity index (χ3v) is 5.07. The molecule has 176 valence electrons. The molecular weight excluding hydrogens is 454 g/mol. The molecule has 0 amide bonds. The van der Waals surface area contributed by atoms with E-state index in [0.717, 1.165) is 12.1 Å². The number of ketones is 2. The van der Waals surface area contributed by atoms with Crippen LogP contribution in [0.15, 0.2) is 109 Å². The van der Waals surface area contributed by atoms with Gasteiger partial charge in [-0.1, -0.05) is 84.9 Å². The number of aliphatic hydroxyl groups is 1. The normalized spacial score (nSPS) is 10.6. The Morgan fingerprint density at radius 2 is 0.943 bits per heavy atom. The quantitative estimate of drug-likeness (QED) is 0.302. The highest BCUT2D eigenvalue weighted by molar-refractivity contribution is 6.49. The van der Waals surface area contributed by atoms with Gasteiger partial charge in [-0.3, -0.25) is 9.59 Å². The van der Waals surface area contributed by atoms with Gasteiger partial charge in [0, 0.05) is 11.1 Å². The van der Waals surface area contributed by atoms with Gasteiger partial charge in [-0.25, -0.2) is 13.6 Å². The zero-order valence-electron chi connectivity index (χ0n) is 18.3. The SMILES string of the molecule is O=C(C(=O)c1cccc(F)c1)c1cccc(F)c1.O=C(O)C(O)(c1ccccc1)c1ccccc1. The molecule has 0 fully saturated rings. The lowest BCUT2D eigenvalue weighted by Crippen LogP contribution is -2.36. The van der Waals surface area contributed by atoms with Crippen molar-refractivity contribution in [3.05, 3.63) is 143 Å². The molecule has 0 atom stereocenters. The maximum atomic E-state index is 12.9. The molecule has 0 unspecified atom stereocenters. The first kappa shape index (κ1) is 25.1. The van der Waals surface area contributed by atoms with E-state index in [9.17, 15) is 33.4 Å². The van der Waals surface area contributed by atoms with Gasteiger partial charge in [-0.2, -0.15) is 0 Å². The van der Waals surface area contributed by atoms with Crippen molar-refractivity contribution in [2.24, 2.45) is 0 Å². The van der Waals surface area contributed by atoms with E-state index < -0.39 is 34.8 Å². The number of carboxylic acids is 1. The molecule has 0 aliphatic heterocycles. The van der Waals surface area contributed by atoms with E-state index in [1.807, 2.05) is 0 Å². The fraction of sp³-hybridized carbons (Fsp3) is 0.0357. The van der Waals surface area contributed by atoms with E-state index >= 15 is 0 Å². The van der Waals surface area contributed by atoms with Crippen LogP contribution in [0, 0.1) is 11.6 Å². The fourth-order valence-corrected chi connectivity index (χ4v) is 3.29. The molecule has 5 nitrogen and oxygen atoms in total. The number of benzene rings is 4. The molecule has 0 saturated heterocycles. The van der Waals surface area contributed by atoms with Gasteiger partial charge < -0.3 is 10.2 Å². The highest BCUT2D eigenvalue weighted by Crippen LogP contribution is 2.29. The van der Waals surface area contributed by atoms with E-state index in [-0.39, 0.29) is 11.1 Å². The summed E-state index contributed by atoms with van der Waals surface area (Å²) in [5.41, 5.74) is -1.41. The van der Waals surface area contributed by atoms with Crippen LogP contribution in [0.2, 0.25) is 0 Å². The second-order valence-corrected chi connectivity index (χ2v) is 7.43. The number of rotatable bonds is 6. The van der Waals surface area contributed by atoms with Crippen LogP contribution in [-0.2, 0) is 10.4 Å². The predicted molar refractivity (Wildman–Crippen MR) is 125 cm³/mol. The van der Waals surface area contributed by atoms with Crippen molar-refractivity contribution in [3.63, 3.8) is 0 Å². The van der Waals surface area contributed by atoms with E-state index in [1.54, 1.807) is 60.7 Å². The van der Waals surface area contributed by atoms with E-state index in [0.29, 0.717) is 11.1 Å². The highest BCUT2D eigenvalue weighted by Gasteiger charge is 2.39. The molecule has 35 heavy (non-hydrogen) atoms. The lowest BCUT2D eigenvalue weighted by Gasteiger charge is -2.24. The van der Waals surface area contributed by atoms with Crippen molar-refractivity contribution < 1.29 is 33.4 Å². The Balaban J connectivity index is 0.000000196. The summed E-state index contributed by atoms with van der Waals surface area (Å²) < 4.78 is 25.9. The number of carbonyl (C=O) groups is 3. The summed E-state index contributed by atoms with van der Waals surface area (Å²) in [6.07, 6.45) is 0. The average Bonchev–Trinajstić information content (AvgIpc) is 2.88. The summed E-state index contributed by atoms with van der Waals surface area (Å²) in [6.45, 7) is 0. The summed E-state index contributed by atoms with van der Waals surface area (Å²) in [7, 11) is 0. The standard InChI is InChI=1S/C14H8F2O2.C14H12O3/c15-11-5-1-3-9(7-11)13(17)14(18)10-4-2-6-12(16)8-10;15-13(16)14(17,11-7-3-1-4-8-11)12-9-5-2-6-10-12/h1-8H;1-10,17H,(H,15,16). The second kappa shape index (κ2) is 11.1. The zero-order valence-corrected chi connectivity index (χ0v) is 18.3. The van der Waals surface area contributed by atoms with Crippen LogP contribution in [0.1, 0.15) is 31.8 Å². The van der Waals surface area contributed by atoms with Crippen molar-refractivity contribution in [3.8, 4) is 0 Å². The topological polar surface area (TPSA) is 91.7 Å². The maximum Gasteiger partial charge on any atom is 0.345 e. The van der Waals surface area contributed by atoms with Crippen molar-refractivity contribution in [2.45, 2.75) is 5.60 Å². The summed E-state index contributed by atoms with van der Waals surface area (Å²) in [5, 5.41) is 19.7. The number of carboxylic acid groups (broad SMARTS) is 1. The molecule has 4 rings (SSSR count). The predicted octanol–water partition coefficient (Wildman–Crippen LogP) is 5.04. The summed E-state index contributed by atoms with van der Waals surface area (Å²) >= 11 is 0. The first-order valence-corrected chi connectivity index (χ1v) is 10.4. The van der Waals surface area contributed by atoms with Gasteiger partial charge in [0.15, 0.2) is 0 Å². The van der Waals surface area contributed by atoms with Gasteiger partial charge in [0.1, 0.15) is 11.6 Å². The summed E-state index contributed by atoms with van der Waals surface area (Å²) in [5.74, 6) is -4.21. The molecule has 0 radical (unpaired) electrons. The van der Waals surface area contributed by atoms with Crippen LogP contribution in [-0.4, -0.2) is 27.7 Å². The van der Waals surface area contributed by atoms with Crippen molar-refractivity contribution in [1.82, 2.24) is 0 Å². The highest BCUT2D eigenvalue weighted by atomic mass is 19.1. The minimum absolute atomic E-state index is 0.0516. The van der Waals surface area contributed by atoms with Gasteiger partial charge in [0.2, 0.25) is 17.2 Å². The zero-order chi connectivity index (χ0) is 25.4. The molecule has 0 heterocycles. The van der Waals surface area contributed by atoms with Gasteiger partial charge in [0.25, 0.3) is 0 Å². The number of Topliss-reactive ketones (excluding diaryl/α,β-unsaturated/α-hetero) is 2. The van der Waals surface area contributed by atoms with Gasteiger partial charge in [-0.15, -0.1) is 0 Å². The van der Waals surface area contributed by atoms with E-state index in [2.05, 4.69) is 0 Å². The molecule has 4 aromatic rings. The first-order chi connectivity index (χ1) is 16.7. The Kier molecular flexibility index (Phi) is 7.96. The molecule has 4 aromatic carbocycles. The van der Waals surface area contributed by atoms with Crippen LogP contribution in [0.5, 0.6) is 0 Å². The largest absolute Gasteiger partial charge is 0.479 e. The summed E-state index contributed by atoms with van der Waals surface area (Å²) in [6, 6.07) is 26.4. The Morgan fingerprint density at radius 1 is 0.571 bits per heavy atom. The minimum Gasteiger partial charge on any atom is -0.479 e. The molecule has 2 N–H and O–H groups in total. The molecular formula is C28H20F2O5. The monoisotopic (exact) mass is 474 g/mol. The van der Waals surface area contributed by atoms with E-state index in [1.165, 1.54) is 36.4 Å². The van der Waals surface area contributed by atoms with Crippen LogP contribution < -0.4 is 0 Å². The molecule has 0 aliphatic rings. The lowest BCUT2D eigenvalue weighted by atomic mass is 9.86. The van der Waals surface area contributed by atoms with Gasteiger partial charge in [0.05, 0.1) is 0 Å². The average molecular weight is 474 g/mol. The van der Waals surface area contributed by atoms with Crippen LogP contribution in [0.25, 0.3) is 0 Å². The number of carbonyl (C=O) groups excluding carboxylic acids is 2. The summed E-state index contributed by atoms with van der Waals surface area (Å²) in [4.78, 5) is 34.9. The third-order valence-electron chi connectivity index (χ3n) is 5.07. The Bertz CT molecular complexity index is 1240. The lowest BCUT2D eigenvalue weighted by molar-refractivity contribution is -0.155. The number of halogens is 2. The smallest absolute Gasteiger partial charge is 0.345 e. The Morgan fingerprint density at radius 3 is 1.26 bits per heavy atom. The number of aliphatic carboxylic acids is 1. The first-order valence-electron chi connectivity index (χ1n) is 10.4. The number of hydrogen-bond acceptors (Lipinski definition) is 4. The minimum atomic E-state index is -2.00. The maximum absolute atomic E-state index is 12.9. The Hall–Kier alpha value is -4.49. The molecule has 0 saturated carbocycles.